The van der Waals surface area contributed by atoms with Gasteiger partial charge in [0.15, 0.2) is 0 Å². The highest BCUT2D eigenvalue weighted by molar-refractivity contribution is 7.99. The molecule has 0 aromatic carbocycles. The Morgan fingerprint density at radius 3 is 2.65 bits per heavy atom. The van der Waals surface area contributed by atoms with Crippen molar-refractivity contribution in [2.45, 2.75) is 32.9 Å². The summed E-state index contributed by atoms with van der Waals surface area (Å²) in [5, 5.41) is 10.0. The van der Waals surface area contributed by atoms with Crippen molar-refractivity contribution in [3.63, 3.8) is 0 Å². The van der Waals surface area contributed by atoms with Gasteiger partial charge in [0.05, 0.1) is 11.4 Å². The molecule has 0 unspecified atom stereocenters. The highest BCUT2D eigenvalue weighted by Gasteiger charge is 2.09. The molecule has 0 aliphatic rings. The van der Waals surface area contributed by atoms with E-state index < -0.39 is 0 Å². The maximum Gasteiger partial charge on any atom is 0.230 e. The smallest absolute Gasteiger partial charge is 0.230 e. The minimum atomic E-state index is 0. The van der Waals surface area contributed by atoms with Crippen LogP contribution in [-0.2, 0) is 10.5 Å². The summed E-state index contributed by atoms with van der Waals surface area (Å²) in [6, 6.07) is 0. The standard InChI is InChI=1S/C13H23N3O2S.ClH/c1-4-5-14-6-7-15-13(17)9-19-8-12-10(2)16-18-11(12)3;/h14H,4-9H2,1-3H3,(H,15,17);1H. The summed E-state index contributed by atoms with van der Waals surface area (Å²) in [6.45, 7) is 8.45. The van der Waals surface area contributed by atoms with E-state index in [0.29, 0.717) is 12.3 Å². The molecule has 0 saturated heterocycles. The number of thioether (sulfide) groups is 1. The Kier molecular flexibility index (Phi) is 10.6. The van der Waals surface area contributed by atoms with E-state index in [9.17, 15) is 4.79 Å². The summed E-state index contributed by atoms with van der Waals surface area (Å²) in [5.41, 5.74) is 2.01. The van der Waals surface area contributed by atoms with Crippen LogP contribution in [0.1, 0.15) is 30.4 Å². The molecule has 7 heteroatoms. The molecule has 1 aromatic heterocycles. The van der Waals surface area contributed by atoms with Gasteiger partial charge >= 0.3 is 0 Å². The molecule has 0 saturated carbocycles. The number of hydrogen-bond donors (Lipinski definition) is 2. The van der Waals surface area contributed by atoms with E-state index in [1.807, 2.05) is 13.8 Å². The molecule has 0 bridgehead atoms. The monoisotopic (exact) mass is 321 g/mol. The molecule has 1 amide bonds. The van der Waals surface area contributed by atoms with Gasteiger partial charge in [0.25, 0.3) is 0 Å². The van der Waals surface area contributed by atoms with E-state index in [-0.39, 0.29) is 18.3 Å². The van der Waals surface area contributed by atoms with Crippen LogP contribution in [0.2, 0.25) is 0 Å². The van der Waals surface area contributed by atoms with Gasteiger partial charge in [-0.3, -0.25) is 4.79 Å². The molecule has 1 aromatic rings. The van der Waals surface area contributed by atoms with E-state index in [2.05, 4.69) is 22.7 Å². The summed E-state index contributed by atoms with van der Waals surface area (Å²) >= 11 is 1.58. The first-order chi connectivity index (χ1) is 9.15. The van der Waals surface area contributed by atoms with E-state index in [1.165, 1.54) is 0 Å². The Morgan fingerprint density at radius 2 is 2.05 bits per heavy atom. The number of nitrogens with zero attached hydrogens (tertiary/aromatic N) is 1. The molecule has 0 radical (unpaired) electrons. The van der Waals surface area contributed by atoms with Crippen molar-refractivity contribution >= 4 is 30.1 Å². The summed E-state index contributed by atoms with van der Waals surface area (Å²) in [6.07, 6.45) is 1.11. The molecule has 0 spiro atoms. The zero-order chi connectivity index (χ0) is 14.1. The quantitative estimate of drug-likeness (QED) is 0.681. The van der Waals surface area contributed by atoms with Gasteiger partial charge in [-0.2, -0.15) is 0 Å². The van der Waals surface area contributed by atoms with Gasteiger partial charge in [0, 0.05) is 24.4 Å². The lowest BCUT2D eigenvalue weighted by Crippen LogP contribution is -2.33. The molecule has 20 heavy (non-hydrogen) atoms. The molecule has 0 aliphatic carbocycles. The number of aryl methyl sites for hydroxylation is 2. The van der Waals surface area contributed by atoms with Crippen LogP contribution in [0.3, 0.4) is 0 Å². The average Bonchev–Trinajstić information content (AvgIpc) is 2.70. The van der Waals surface area contributed by atoms with E-state index in [4.69, 9.17) is 4.52 Å². The zero-order valence-corrected chi connectivity index (χ0v) is 14.0. The third-order valence-electron chi connectivity index (χ3n) is 2.71. The van der Waals surface area contributed by atoms with Crippen LogP contribution in [0.5, 0.6) is 0 Å². The van der Waals surface area contributed by atoms with Crippen LogP contribution in [0.4, 0.5) is 0 Å². The molecule has 1 heterocycles. The zero-order valence-electron chi connectivity index (χ0n) is 12.3. The largest absolute Gasteiger partial charge is 0.361 e. The number of rotatable bonds is 9. The van der Waals surface area contributed by atoms with Crippen LogP contribution >= 0.6 is 24.2 Å². The molecule has 1 rings (SSSR count). The second kappa shape index (κ2) is 11.0. The topological polar surface area (TPSA) is 67.2 Å². The highest BCUT2D eigenvalue weighted by Crippen LogP contribution is 2.18. The molecule has 0 fully saturated rings. The van der Waals surface area contributed by atoms with Crippen molar-refractivity contribution in [3.8, 4) is 0 Å². The Bertz CT molecular complexity index is 379. The number of halogens is 1. The molecule has 116 valence electrons. The number of hydrogen-bond acceptors (Lipinski definition) is 5. The minimum Gasteiger partial charge on any atom is -0.361 e. The third kappa shape index (κ3) is 7.17. The lowest BCUT2D eigenvalue weighted by Gasteiger charge is -2.06. The molecule has 0 atom stereocenters. The Hall–Kier alpha value is -0.720. The lowest BCUT2D eigenvalue weighted by molar-refractivity contribution is -0.118. The Balaban J connectivity index is 0.00000361. The maximum absolute atomic E-state index is 11.6. The third-order valence-corrected chi connectivity index (χ3v) is 3.67. The van der Waals surface area contributed by atoms with Crippen molar-refractivity contribution in [1.82, 2.24) is 15.8 Å². The predicted octanol–water partition coefficient (Wildman–Crippen LogP) is 2.06. The number of aromatic nitrogens is 1. The van der Waals surface area contributed by atoms with Gasteiger partial charge in [-0.15, -0.1) is 24.2 Å². The lowest BCUT2D eigenvalue weighted by atomic mass is 10.2. The van der Waals surface area contributed by atoms with Crippen molar-refractivity contribution in [2.75, 3.05) is 25.4 Å². The van der Waals surface area contributed by atoms with E-state index in [0.717, 1.165) is 42.3 Å². The highest BCUT2D eigenvalue weighted by atomic mass is 35.5. The summed E-state index contributed by atoms with van der Waals surface area (Å²) in [5.74, 6) is 2.16. The van der Waals surface area contributed by atoms with Gasteiger partial charge in [-0.25, -0.2) is 0 Å². The summed E-state index contributed by atoms with van der Waals surface area (Å²) in [7, 11) is 0. The molecule has 5 nitrogen and oxygen atoms in total. The van der Waals surface area contributed by atoms with E-state index >= 15 is 0 Å². The molecular weight excluding hydrogens is 298 g/mol. The van der Waals surface area contributed by atoms with Gasteiger partial charge in [0.1, 0.15) is 5.76 Å². The van der Waals surface area contributed by atoms with Crippen LogP contribution in [-0.4, -0.2) is 36.5 Å². The first kappa shape index (κ1) is 19.3. The maximum atomic E-state index is 11.6. The van der Waals surface area contributed by atoms with Crippen molar-refractivity contribution in [2.24, 2.45) is 0 Å². The second-order valence-electron chi connectivity index (χ2n) is 4.40. The minimum absolute atomic E-state index is 0. The first-order valence-electron chi connectivity index (χ1n) is 6.62. The summed E-state index contributed by atoms with van der Waals surface area (Å²) in [4.78, 5) is 11.6. The first-order valence-corrected chi connectivity index (χ1v) is 7.77. The number of nitrogens with one attached hydrogen (secondary N) is 2. The average molecular weight is 322 g/mol. The molecular formula is C13H24ClN3O2S. The number of amides is 1. The van der Waals surface area contributed by atoms with Crippen LogP contribution in [0.25, 0.3) is 0 Å². The summed E-state index contributed by atoms with van der Waals surface area (Å²) < 4.78 is 5.08. The Labute approximate surface area is 131 Å². The predicted molar refractivity (Wildman–Crippen MR) is 85.6 cm³/mol. The Morgan fingerprint density at radius 1 is 1.30 bits per heavy atom. The van der Waals surface area contributed by atoms with Gasteiger partial charge in [-0.1, -0.05) is 12.1 Å². The fraction of sp³-hybridized carbons (Fsp3) is 0.692. The fourth-order valence-corrected chi connectivity index (χ4v) is 2.60. The number of carbonyl (C=O) groups excluding carboxylic acids is 1. The molecule has 2 N–H and O–H groups in total. The fourth-order valence-electron chi connectivity index (χ4n) is 1.60. The molecule has 0 aliphatic heterocycles. The van der Waals surface area contributed by atoms with Gasteiger partial charge < -0.3 is 15.2 Å². The van der Waals surface area contributed by atoms with E-state index in [1.54, 1.807) is 11.8 Å². The van der Waals surface area contributed by atoms with Crippen LogP contribution < -0.4 is 10.6 Å². The van der Waals surface area contributed by atoms with Crippen molar-refractivity contribution < 1.29 is 9.32 Å². The van der Waals surface area contributed by atoms with Gasteiger partial charge in [-0.05, 0) is 26.8 Å². The SMILES string of the molecule is CCCNCCNC(=O)CSCc1c(C)noc1C.Cl. The second-order valence-corrected chi connectivity index (χ2v) is 5.38. The van der Waals surface area contributed by atoms with Crippen molar-refractivity contribution in [1.29, 1.82) is 0 Å². The number of carbonyl (C=O) groups is 1. The van der Waals surface area contributed by atoms with Crippen LogP contribution in [0.15, 0.2) is 4.52 Å². The van der Waals surface area contributed by atoms with Crippen molar-refractivity contribution in [3.05, 3.63) is 17.0 Å². The van der Waals surface area contributed by atoms with Crippen LogP contribution in [0, 0.1) is 13.8 Å². The van der Waals surface area contributed by atoms with Gasteiger partial charge in [0.2, 0.25) is 5.91 Å². The normalized spacial score (nSPS) is 10.2.